The lowest BCUT2D eigenvalue weighted by molar-refractivity contribution is -0.115. The number of hydrogen-bond acceptors (Lipinski definition) is 5. The Hall–Kier alpha value is -4.20. The zero-order valence-corrected chi connectivity index (χ0v) is 21.9. The van der Waals surface area contributed by atoms with Crippen molar-refractivity contribution in [3.05, 3.63) is 114 Å². The number of rotatable bonds is 7. The average Bonchev–Trinajstić information content (AvgIpc) is 3.43. The number of carbonyl (C=O) groups is 1. The molecule has 0 bridgehead atoms. The molecule has 5 rings (SSSR count). The molecule has 2 heterocycles. The van der Waals surface area contributed by atoms with E-state index in [1.54, 1.807) is 6.08 Å². The lowest BCUT2D eigenvalue weighted by Crippen LogP contribution is -2.45. The molecule has 0 radical (unpaired) electrons. The third kappa shape index (κ3) is 6.97. The summed E-state index contributed by atoms with van der Waals surface area (Å²) in [6, 6.07) is 32.3. The Kier molecular flexibility index (Phi) is 8.28. The van der Waals surface area contributed by atoms with Gasteiger partial charge < -0.3 is 14.6 Å². The first-order valence-electron chi connectivity index (χ1n) is 12.7. The van der Waals surface area contributed by atoms with Gasteiger partial charge in [-0.05, 0) is 60.3 Å². The third-order valence-corrected chi connectivity index (χ3v) is 6.64. The van der Waals surface area contributed by atoms with Crippen molar-refractivity contribution < 1.29 is 9.21 Å². The number of piperazine rings is 1. The predicted octanol–water partition coefficient (Wildman–Crippen LogP) is 5.80. The van der Waals surface area contributed by atoms with Crippen molar-refractivity contribution in [3.8, 4) is 11.3 Å². The second kappa shape index (κ2) is 12.4. The SMILES string of the molecule is O=C(/C=C/c1ccc(-c2ccccc2)o1)NC(=S)Nc1ccc(N2CCN(Cc3ccccc3)CC2)cc1. The van der Waals surface area contributed by atoms with Crippen LogP contribution in [0.25, 0.3) is 17.4 Å². The molecule has 1 amide bonds. The number of hydrogen-bond donors (Lipinski definition) is 2. The molecule has 6 nitrogen and oxygen atoms in total. The molecule has 1 aliphatic heterocycles. The summed E-state index contributed by atoms with van der Waals surface area (Å²) in [5, 5.41) is 6.00. The van der Waals surface area contributed by atoms with Crippen LogP contribution in [-0.4, -0.2) is 42.1 Å². The number of carbonyl (C=O) groups excluding carboxylic acids is 1. The van der Waals surface area contributed by atoms with E-state index in [9.17, 15) is 4.79 Å². The second-order valence-electron chi connectivity index (χ2n) is 9.14. The fourth-order valence-corrected chi connectivity index (χ4v) is 4.65. The van der Waals surface area contributed by atoms with Crippen LogP contribution in [0.4, 0.5) is 11.4 Å². The van der Waals surface area contributed by atoms with E-state index in [4.69, 9.17) is 16.6 Å². The topological polar surface area (TPSA) is 60.8 Å². The second-order valence-corrected chi connectivity index (χ2v) is 9.55. The third-order valence-electron chi connectivity index (χ3n) is 6.43. The van der Waals surface area contributed by atoms with Gasteiger partial charge in [0.25, 0.3) is 0 Å². The summed E-state index contributed by atoms with van der Waals surface area (Å²) in [6.45, 7) is 5.03. The van der Waals surface area contributed by atoms with E-state index in [-0.39, 0.29) is 11.0 Å². The maximum Gasteiger partial charge on any atom is 0.250 e. The van der Waals surface area contributed by atoms with Crippen molar-refractivity contribution >= 4 is 40.7 Å². The van der Waals surface area contributed by atoms with Gasteiger partial charge >= 0.3 is 0 Å². The summed E-state index contributed by atoms with van der Waals surface area (Å²) in [5.74, 6) is 1.01. The number of anilines is 2. The van der Waals surface area contributed by atoms with E-state index < -0.39 is 0 Å². The van der Waals surface area contributed by atoms with E-state index >= 15 is 0 Å². The smallest absolute Gasteiger partial charge is 0.250 e. The van der Waals surface area contributed by atoms with E-state index in [2.05, 4.69) is 62.9 Å². The van der Waals surface area contributed by atoms with E-state index in [0.29, 0.717) is 5.76 Å². The van der Waals surface area contributed by atoms with Crippen LogP contribution in [-0.2, 0) is 11.3 Å². The average molecular weight is 523 g/mol. The number of amides is 1. The van der Waals surface area contributed by atoms with E-state index in [0.717, 1.165) is 49.7 Å². The molecule has 3 aromatic carbocycles. The minimum Gasteiger partial charge on any atom is -0.457 e. The van der Waals surface area contributed by atoms with Crippen molar-refractivity contribution in [1.29, 1.82) is 0 Å². The summed E-state index contributed by atoms with van der Waals surface area (Å²) in [6.07, 6.45) is 3.03. The quantitative estimate of drug-likeness (QED) is 0.237. The largest absolute Gasteiger partial charge is 0.457 e. The van der Waals surface area contributed by atoms with Crippen molar-refractivity contribution in [2.45, 2.75) is 6.54 Å². The molecule has 0 atom stereocenters. The van der Waals surface area contributed by atoms with Gasteiger partial charge in [-0.15, -0.1) is 0 Å². The molecule has 0 unspecified atom stereocenters. The highest BCUT2D eigenvalue weighted by molar-refractivity contribution is 7.80. The number of nitrogens with one attached hydrogen (secondary N) is 2. The summed E-state index contributed by atoms with van der Waals surface area (Å²) in [5.41, 5.74) is 4.34. The lowest BCUT2D eigenvalue weighted by Gasteiger charge is -2.36. The molecule has 1 aromatic heterocycles. The fourth-order valence-electron chi connectivity index (χ4n) is 4.44. The Morgan fingerprint density at radius 3 is 2.24 bits per heavy atom. The zero-order chi connectivity index (χ0) is 26.2. The zero-order valence-electron chi connectivity index (χ0n) is 21.0. The Balaban J connectivity index is 1.07. The number of thiocarbonyl (C=S) groups is 1. The summed E-state index contributed by atoms with van der Waals surface area (Å²) >= 11 is 5.32. The maximum absolute atomic E-state index is 12.3. The van der Waals surface area contributed by atoms with Crippen LogP contribution < -0.4 is 15.5 Å². The Labute approximate surface area is 228 Å². The molecule has 2 N–H and O–H groups in total. The minimum absolute atomic E-state index is 0.242. The summed E-state index contributed by atoms with van der Waals surface area (Å²) in [7, 11) is 0. The van der Waals surface area contributed by atoms with Gasteiger partial charge in [0.2, 0.25) is 5.91 Å². The first kappa shape index (κ1) is 25.4. The highest BCUT2D eigenvalue weighted by Gasteiger charge is 2.17. The van der Waals surface area contributed by atoms with Gasteiger partial charge in [-0.25, -0.2) is 0 Å². The number of nitrogens with zero attached hydrogens (tertiary/aromatic N) is 2. The molecule has 1 aliphatic rings. The van der Waals surface area contributed by atoms with Gasteiger partial charge in [-0.1, -0.05) is 60.7 Å². The molecule has 0 spiro atoms. The van der Waals surface area contributed by atoms with Gasteiger partial charge in [0, 0.05) is 55.7 Å². The highest BCUT2D eigenvalue weighted by atomic mass is 32.1. The molecule has 0 saturated carbocycles. The molecular formula is C31H30N4O2S. The van der Waals surface area contributed by atoms with Crippen LogP contribution in [0.5, 0.6) is 0 Å². The number of furan rings is 1. The monoisotopic (exact) mass is 522 g/mol. The Morgan fingerprint density at radius 1 is 0.842 bits per heavy atom. The maximum atomic E-state index is 12.3. The van der Waals surface area contributed by atoms with Gasteiger partial charge in [-0.3, -0.25) is 15.0 Å². The van der Waals surface area contributed by atoms with Gasteiger partial charge in [0.1, 0.15) is 11.5 Å². The molecule has 192 valence electrons. The standard InChI is InChI=1S/C31H30N4O2S/c36-30(18-16-28-15-17-29(37-28)25-9-5-2-6-10-25)33-31(38)32-26-11-13-27(14-12-26)35-21-19-34(20-22-35)23-24-7-3-1-4-8-24/h1-18H,19-23H2,(H2,32,33,36,38)/b18-16+. The summed E-state index contributed by atoms with van der Waals surface area (Å²) < 4.78 is 5.79. The fraction of sp³-hybridized carbons (Fsp3) is 0.161. The van der Waals surface area contributed by atoms with Crippen LogP contribution in [0.15, 0.2) is 108 Å². The molecule has 4 aromatic rings. The molecule has 0 aliphatic carbocycles. The van der Waals surface area contributed by atoms with Gasteiger partial charge in [0.15, 0.2) is 5.11 Å². The van der Waals surface area contributed by atoms with E-state index in [1.807, 2.05) is 54.6 Å². The summed E-state index contributed by atoms with van der Waals surface area (Å²) in [4.78, 5) is 17.2. The van der Waals surface area contributed by atoms with E-state index in [1.165, 1.54) is 17.3 Å². The van der Waals surface area contributed by atoms with Crippen LogP contribution in [0.3, 0.4) is 0 Å². The number of benzene rings is 3. The van der Waals surface area contributed by atoms with Gasteiger partial charge in [-0.2, -0.15) is 0 Å². The Morgan fingerprint density at radius 2 is 1.53 bits per heavy atom. The molecule has 1 fully saturated rings. The molecule has 38 heavy (non-hydrogen) atoms. The van der Waals surface area contributed by atoms with Crippen molar-refractivity contribution in [1.82, 2.24) is 10.2 Å². The Bertz CT molecular complexity index is 1380. The van der Waals surface area contributed by atoms with Crippen LogP contribution >= 0.6 is 12.2 Å². The first-order chi connectivity index (χ1) is 18.6. The highest BCUT2D eigenvalue weighted by Crippen LogP contribution is 2.23. The lowest BCUT2D eigenvalue weighted by atomic mass is 10.2. The van der Waals surface area contributed by atoms with Crippen LogP contribution in [0.1, 0.15) is 11.3 Å². The first-order valence-corrected chi connectivity index (χ1v) is 13.1. The predicted molar refractivity (Wildman–Crippen MR) is 158 cm³/mol. The van der Waals surface area contributed by atoms with Crippen molar-refractivity contribution in [2.75, 3.05) is 36.4 Å². The molecule has 7 heteroatoms. The minimum atomic E-state index is -0.329. The normalized spacial score (nSPS) is 13.9. The molecular weight excluding hydrogens is 492 g/mol. The van der Waals surface area contributed by atoms with Crippen molar-refractivity contribution in [2.24, 2.45) is 0 Å². The van der Waals surface area contributed by atoms with Crippen LogP contribution in [0.2, 0.25) is 0 Å². The van der Waals surface area contributed by atoms with Gasteiger partial charge in [0.05, 0.1) is 0 Å². The van der Waals surface area contributed by atoms with Crippen molar-refractivity contribution in [3.63, 3.8) is 0 Å². The molecule has 1 saturated heterocycles. The van der Waals surface area contributed by atoms with Crippen LogP contribution in [0, 0.1) is 0 Å².